The molecule has 10 heteroatoms. The molecule has 0 bridgehead atoms. The van der Waals surface area contributed by atoms with E-state index in [0.717, 1.165) is 22.6 Å². The molecule has 9 nitrogen and oxygen atoms in total. The normalized spacial score (nSPS) is 11.9. The van der Waals surface area contributed by atoms with Gasteiger partial charge in [-0.15, -0.1) is 0 Å². The lowest BCUT2D eigenvalue weighted by Crippen LogP contribution is -2.26. The highest BCUT2D eigenvalue weighted by Crippen LogP contribution is 2.22. The van der Waals surface area contributed by atoms with Gasteiger partial charge in [-0.1, -0.05) is 18.2 Å². The van der Waals surface area contributed by atoms with Crippen LogP contribution in [0.3, 0.4) is 0 Å². The molecule has 4 aromatic rings. The summed E-state index contributed by atoms with van der Waals surface area (Å²) in [7, 11) is 3.10. The smallest absolute Gasteiger partial charge is 0.242 e. The van der Waals surface area contributed by atoms with Gasteiger partial charge in [-0.25, -0.2) is 22.4 Å². The molecule has 0 saturated carbocycles. The van der Waals surface area contributed by atoms with Crippen molar-refractivity contribution in [2.75, 3.05) is 21.1 Å². The van der Waals surface area contributed by atoms with Crippen LogP contribution in [0.1, 0.15) is 17.8 Å². The van der Waals surface area contributed by atoms with Crippen molar-refractivity contribution in [1.82, 2.24) is 28.5 Å². The van der Waals surface area contributed by atoms with Crippen LogP contribution < -0.4 is 0 Å². The highest BCUT2D eigenvalue weighted by atomic mass is 32.2. The van der Waals surface area contributed by atoms with E-state index >= 15 is 0 Å². The van der Waals surface area contributed by atoms with Gasteiger partial charge >= 0.3 is 0 Å². The Morgan fingerprint density at radius 3 is 2.50 bits per heavy atom. The Bertz CT molecular complexity index is 1420. The number of aromatic nitrogens is 4. The lowest BCUT2D eigenvalue weighted by atomic mass is 10.2. The standard InChI is InChI=1S/C24H28N6O3S/c1-27(2)34(32,33)20-10-11-22-21(14-20)26-23(29(22)4)12-13-24(31)28(3)16-18-15-25-30(17-18)19-8-6-5-7-9-19/h5-11,14-15,17H,12-13,16H2,1-4H3. The van der Waals surface area contributed by atoms with Gasteiger partial charge in [0.25, 0.3) is 0 Å². The van der Waals surface area contributed by atoms with E-state index in [9.17, 15) is 13.2 Å². The quantitative estimate of drug-likeness (QED) is 0.387. The molecule has 178 valence electrons. The van der Waals surface area contributed by atoms with Crippen LogP contribution in [0.4, 0.5) is 0 Å². The number of para-hydroxylation sites is 1. The second-order valence-electron chi connectivity index (χ2n) is 8.40. The van der Waals surface area contributed by atoms with Crippen LogP contribution >= 0.6 is 0 Å². The summed E-state index contributed by atoms with van der Waals surface area (Å²) in [5.41, 5.74) is 3.32. The first-order valence-corrected chi connectivity index (χ1v) is 12.3. The number of carbonyl (C=O) groups excluding carboxylic acids is 1. The maximum atomic E-state index is 12.8. The van der Waals surface area contributed by atoms with Crippen molar-refractivity contribution >= 4 is 27.0 Å². The number of imidazole rings is 1. The van der Waals surface area contributed by atoms with Crippen LogP contribution in [0, 0.1) is 0 Å². The van der Waals surface area contributed by atoms with Crippen LogP contribution in [-0.2, 0) is 34.8 Å². The Morgan fingerprint density at radius 1 is 1.06 bits per heavy atom. The van der Waals surface area contributed by atoms with Crippen molar-refractivity contribution < 1.29 is 13.2 Å². The first-order chi connectivity index (χ1) is 16.2. The molecular weight excluding hydrogens is 452 g/mol. The zero-order valence-corrected chi connectivity index (χ0v) is 20.5. The SMILES string of the molecule is CN(Cc1cnn(-c2ccccc2)c1)C(=O)CCc1nc2cc(S(=O)(=O)N(C)C)ccc2n1C. The molecule has 0 aliphatic heterocycles. The minimum Gasteiger partial charge on any atom is -0.341 e. The number of hydrogen-bond acceptors (Lipinski definition) is 5. The predicted molar refractivity (Wildman–Crippen MR) is 130 cm³/mol. The number of hydrogen-bond donors (Lipinski definition) is 0. The Morgan fingerprint density at radius 2 is 1.79 bits per heavy atom. The maximum Gasteiger partial charge on any atom is 0.242 e. The number of amides is 1. The van der Waals surface area contributed by atoms with Gasteiger partial charge in [-0.05, 0) is 30.3 Å². The largest absolute Gasteiger partial charge is 0.341 e. The molecule has 0 fully saturated rings. The summed E-state index contributed by atoms with van der Waals surface area (Å²) in [5, 5.41) is 4.38. The molecule has 1 amide bonds. The third-order valence-corrected chi connectivity index (χ3v) is 7.60. The van der Waals surface area contributed by atoms with Crippen molar-refractivity contribution in [3.8, 4) is 5.69 Å². The van der Waals surface area contributed by atoms with Gasteiger partial charge in [0.05, 0.1) is 27.8 Å². The van der Waals surface area contributed by atoms with Gasteiger partial charge in [-0.3, -0.25) is 4.79 Å². The monoisotopic (exact) mass is 480 g/mol. The average Bonchev–Trinajstić information content (AvgIpc) is 3.42. The molecule has 0 atom stereocenters. The first kappa shape index (κ1) is 23.7. The van der Waals surface area contributed by atoms with E-state index in [2.05, 4.69) is 10.1 Å². The molecule has 0 aliphatic rings. The molecule has 34 heavy (non-hydrogen) atoms. The van der Waals surface area contributed by atoms with Crippen molar-refractivity contribution in [2.45, 2.75) is 24.3 Å². The number of sulfonamides is 1. The Balaban J connectivity index is 1.42. The molecule has 0 spiro atoms. The van der Waals surface area contributed by atoms with Crippen LogP contribution in [0.2, 0.25) is 0 Å². The number of benzene rings is 2. The van der Waals surface area contributed by atoms with Gasteiger partial charge in [0.15, 0.2) is 0 Å². The van der Waals surface area contributed by atoms with Crippen LogP contribution in [0.5, 0.6) is 0 Å². The number of rotatable bonds is 8. The minimum absolute atomic E-state index is 0.00427. The molecule has 4 rings (SSSR count). The molecule has 2 aromatic heterocycles. The summed E-state index contributed by atoms with van der Waals surface area (Å²) in [6.45, 7) is 0.458. The third kappa shape index (κ3) is 4.73. The zero-order valence-electron chi connectivity index (χ0n) is 19.7. The van der Waals surface area contributed by atoms with E-state index in [1.807, 2.05) is 48.1 Å². The van der Waals surface area contributed by atoms with Gasteiger partial charge in [0.1, 0.15) is 5.82 Å². The van der Waals surface area contributed by atoms with Crippen molar-refractivity contribution in [1.29, 1.82) is 0 Å². The van der Waals surface area contributed by atoms with E-state index in [1.54, 1.807) is 41.0 Å². The molecule has 0 unspecified atom stereocenters. The van der Waals surface area contributed by atoms with Crippen LogP contribution in [-0.4, -0.2) is 64.0 Å². The Hall–Kier alpha value is -3.50. The highest BCUT2D eigenvalue weighted by Gasteiger charge is 2.19. The number of fused-ring (bicyclic) bond motifs is 1. The van der Waals surface area contributed by atoms with Crippen molar-refractivity contribution in [2.24, 2.45) is 7.05 Å². The summed E-state index contributed by atoms with van der Waals surface area (Å²) < 4.78 is 29.7. The van der Waals surface area contributed by atoms with Gasteiger partial charge in [-0.2, -0.15) is 5.10 Å². The molecule has 0 N–H and O–H groups in total. The minimum atomic E-state index is -3.54. The summed E-state index contributed by atoms with van der Waals surface area (Å²) in [4.78, 5) is 19.2. The highest BCUT2D eigenvalue weighted by molar-refractivity contribution is 7.89. The zero-order chi connectivity index (χ0) is 24.5. The lowest BCUT2D eigenvalue weighted by Gasteiger charge is -2.16. The number of aryl methyl sites for hydroxylation is 2. The van der Waals surface area contributed by atoms with E-state index in [4.69, 9.17) is 0 Å². The summed E-state index contributed by atoms with van der Waals surface area (Å²) in [6.07, 6.45) is 4.43. The van der Waals surface area contributed by atoms with Crippen molar-refractivity contribution in [3.63, 3.8) is 0 Å². The predicted octanol–water partition coefficient (Wildman–Crippen LogP) is 2.60. The molecular formula is C24H28N6O3S. The van der Waals surface area contributed by atoms with Crippen LogP contribution in [0.15, 0.2) is 65.8 Å². The first-order valence-electron chi connectivity index (χ1n) is 10.9. The molecule has 0 aliphatic carbocycles. The Labute approximate surface area is 199 Å². The fourth-order valence-electron chi connectivity index (χ4n) is 3.76. The van der Waals surface area contributed by atoms with E-state index in [-0.39, 0.29) is 10.8 Å². The summed E-state index contributed by atoms with van der Waals surface area (Å²) >= 11 is 0. The summed E-state index contributed by atoms with van der Waals surface area (Å²) in [5.74, 6) is 0.725. The van der Waals surface area contributed by atoms with Gasteiger partial charge < -0.3 is 9.47 Å². The number of carbonyl (C=O) groups is 1. The molecule has 0 saturated heterocycles. The summed E-state index contributed by atoms with van der Waals surface area (Å²) in [6, 6.07) is 14.7. The maximum absolute atomic E-state index is 12.8. The Kier molecular flexibility index (Phi) is 6.54. The fourth-order valence-corrected chi connectivity index (χ4v) is 4.68. The average molecular weight is 481 g/mol. The second kappa shape index (κ2) is 9.40. The lowest BCUT2D eigenvalue weighted by molar-refractivity contribution is -0.130. The molecule has 2 heterocycles. The van der Waals surface area contributed by atoms with E-state index in [1.165, 1.54) is 18.4 Å². The third-order valence-electron chi connectivity index (χ3n) is 5.79. The van der Waals surface area contributed by atoms with Gasteiger partial charge in [0, 0.05) is 59.3 Å². The van der Waals surface area contributed by atoms with Gasteiger partial charge in [0.2, 0.25) is 15.9 Å². The van der Waals surface area contributed by atoms with E-state index < -0.39 is 10.0 Å². The van der Waals surface area contributed by atoms with E-state index in [0.29, 0.717) is 24.9 Å². The molecule has 2 aromatic carbocycles. The fraction of sp³-hybridized carbons (Fsp3) is 0.292. The van der Waals surface area contributed by atoms with Crippen molar-refractivity contribution in [3.05, 3.63) is 72.3 Å². The second-order valence-corrected chi connectivity index (χ2v) is 10.6. The van der Waals surface area contributed by atoms with Crippen LogP contribution in [0.25, 0.3) is 16.7 Å². The topological polar surface area (TPSA) is 93.3 Å². The number of nitrogens with zero attached hydrogens (tertiary/aromatic N) is 6. The molecule has 0 radical (unpaired) electrons.